The van der Waals surface area contributed by atoms with E-state index >= 15 is 0 Å². The van der Waals surface area contributed by atoms with Gasteiger partial charge in [-0.15, -0.1) is 0 Å². The van der Waals surface area contributed by atoms with Crippen molar-refractivity contribution in [1.29, 1.82) is 0 Å². The maximum Gasteiger partial charge on any atom is 0.187 e. The summed E-state index contributed by atoms with van der Waals surface area (Å²) in [5.74, 6) is 0.824. The van der Waals surface area contributed by atoms with Gasteiger partial charge in [-0.2, -0.15) is 5.10 Å². The Morgan fingerprint density at radius 1 is 1.13 bits per heavy atom. The molecule has 0 radical (unpaired) electrons. The quantitative estimate of drug-likeness (QED) is 0.486. The summed E-state index contributed by atoms with van der Waals surface area (Å²) in [6, 6.07) is 17.8. The molecule has 4 nitrogen and oxygen atoms in total. The fraction of sp³-hybridized carbons (Fsp3) is 0.111. The van der Waals surface area contributed by atoms with Gasteiger partial charge in [0, 0.05) is 18.3 Å². The van der Waals surface area contributed by atoms with Crippen LogP contribution in [0, 0.1) is 0 Å². The minimum Gasteiger partial charge on any atom is -0.496 e. The highest BCUT2D eigenvalue weighted by molar-refractivity contribution is 7.80. The molecule has 5 heteroatoms. The largest absolute Gasteiger partial charge is 0.496 e. The maximum absolute atomic E-state index is 5.27. The number of ether oxygens (including phenoxy) is 1. The Bertz CT molecular complexity index is 684. The number of allylic oxidation sites excluding steroid dienone is 1. The van der Waals surface area contributed by atoms with Gasteiger partial charge in [0.15, 0.2) is 5.11 Å². The van der Waals surface area contributed by atoms with Gasteiger partial charge >= 0.3 is 0 Å². The highest BCUT2D eigenvalue weighted by atomic mass is 32.1. The molecular formula is C18H19N3OS. The molecule has 0 spiro atoms. The molecule has 0 saturated heterocycles. The molecule has 0 unspecified atom stereocenters. The average Bonchev–Trinajstić information content (AvgIpc) is 2.61. The zero-order chi connectivity index (χ0) is 16.3. The smallest absolute Gasteiger partial charge is 0.187 e. The van der Waals surface area contributed by atoms with Gasteiger partial charge in [-0.25, -0.2) is 0 Å². The third-order valence-electron chi connectivity index (χ3n) is 3.04. The van der Waals surface area contributed by atoms with Crippen molar-refractivity contribution < 1.29 is 4.74 Å². The number of thiocarbonyl (C=S) groups is 1. The van der Waals surface area contributed by atoms with E-state index in [0.717, 1.165) is 16.9 Å². The Morgan fingerprint density at radius 3 is 2.65 bits per heavy atom. The van der Waals surface area contributed by atoms with E-state index in [1.54, 1.807) is 13.3 Å². The number of hydrazone groups is 1. The molecule has 0 saturated carbocycles. The van der Waals surface area contributed by atoms with Crippen molar-refractivity contribution in [3.05, 3.63) is 71.8 Å². The van der Waals surface area contributed by atoms with Crippen LogP contribution >= 0.6 is 12.2 Å². The predicted molar refractivity (Wildman–Crippen MR) is 99.5 cm³/mol. The van der Waals surface area contributed by atoms with Crippen LogP contribution < -0.4 is 15.5 Å². The molecule has 0 aromatic heterocycles. The first kappa shape index (κ1) is 16.7. The number of nitrogens with one attached hydrogen (secondary N) is 2. The molecule has 2 aromatic rings. The van der Waals surface area contributed by atoms with E-state index in [1.807, 2.05) is 66.7 Å². The van der Waals surface area contributed by atoms with E-state index < -0.39 is 0 Å². The fourth-order valence-electron chi connectivity index (χ4n) is 1.91. The number of hydrogen-bond acceptors (Lipinski definition) is 3. The number of hydrogen-bond donors (Lipinski definition) is 2. The number of para-hydroxylation sites is 1. The van der Waals surface area contributed by atoms with E-state index in [-0.39, 0.29) is 0 Å². The molecule has 0 aliphatic rings. The fourth-order valence-corrected chi connectivity index (χ4v) is 2.03. The standard InChI is InChI=1S/C18H19N3OS/c1-22-17-12-6-5-10-16(17)11-7-13-20-21-18(23)19-14-15-8-3-2-4-9-15/h2-13H,14H2,1H3,(H2,19,21,23)/b11-7+,20-13+. The van der Waals surface area contributed by atoms with Gasteiger partial charge in [0.2, 0.25) is 0 Å². The van der Waals surface area contributed by atoms with Gasteiger partial charge in [-0.05, 0) is 36.0 Å². The molecule has 0 aliphatic heterocycles. The van der Waals surface area contributed by atoms with Crippen LogP contribution in [-0.2, 0) is 6.54 Å². The number of methoxy groups -OCH3 is 1. The van der Waals surface area contributed by atoms with Crippen LogP contribution in [0.4, 0.5) is 0 Å². The summed E-state index contributed by atoms with van der Waals surface area (Å²) in [6.45, 7) is 0.666. The van der Waals surface area contributed by atoms with Crippen molar-refractivity contribution in [2.75, 3.05) is 7.11 Å². The third kappa shape index (κ3) is 5.92. The van der Waals surface area contributed by atoms with Crippen LogP contribution in [0.5, 0.6) is 5.75 Å². The van der Waals surface area contributed by atoms with Crippen molar-refractivity contribution in [3.63, 3.8) is 0 Å². The molecular weight excluding hydrogens is 306 g/mol. The van der Waals surface area contributed by atoms with Crippen LogP contribution in [0.1, 0.15) is 11.1 Å². The number of rotatable bonds is 6. The van der Waals surface area contributed by atoms with Crippen molar-refractivity contribution in [3.8, 4) is 5.75 Å². The Labute approximate surface area is 141 Å². The lowest BCUT2D eigenvalue weighted by atomic mass is 10.2. The summed E-state index contributed by atoms with van der Waals surface area (Å²) in [4.78, 5) is 0. The topological polar surface area (TPSA) is 45.6 Å². The summed E-state index contributed by atoms with van der Waals surface area (Å²) in [6.07, 6.45) is 5.39. The lowest BCUT2D eigenvalue weighted by Gasteiger charge is -2.06. The second kappa shape index (κ2) is 9.38. The summed E-state index contributed by atoms with van der Waals surface area (Å²) in [7, 11) is 1.65. The molecule has 0 atom stereocenters. The summed E-state index contributed by atoms with van der Waals surface area (Å²) >= 11 is 5.16. The first-order chi connectivity index (χ1) is 11.3. The lowest BCUT2D eigenvalue weighted by Crippen LogP contribution is -2.31. The molecule has 0 aliphatic carbocycles. The van der Waals surface area contributed by atoms with Crippen LogP contribution in [0.3, 0.4) is 0 Å². The van der Waals surface area contributed by atoms with Crippen LogP contribution in [0.2, 0.25) is 0 Å². The Kier molecular flexibility index (Phi) is 6.81. The third-order valence-corrected chi connectivity index (χ3v) is 3.27. The normalized spacial score (nSPS) is 10.8. The van der Waals surface area contributed by atoms with Gasteiger partial charge in [0.1, 0.15) is 5.75 Å². The second-order valence-electron chi connectivity index (χ2n) is 4.66. The van der Waals surface area contributed by atoms with Gasteiger partial charge in [0.25, 0.3) is 0 Å². The molecule has 2 rings (SSSR count). The molecule has 0 bridgehead atoms. The molecule has 118 valence electrons. The first-order valence-corrected chi connectivity index (χ1v) is 7.61. The van der Waals surface area contributed by atoms with Gasteiger partial charge in [-0.3, -0.25) is 5.43 Å². The first-order valence-electron chi connectivity index (χ1n) is 7.20. The van der Waals surface area contributed by atoms with Crippen LogP contribution in [-0.4, -0.2) is 18.4 Å². The lowest BCUT2D eigenvalue weighted by molar-refractivity contribution is 0.414. The van der Waals surface area contributed by atoms with E-state index in [0.29, 0.717) is 11.7 Å². The van der Waals surface area contributed by atoms with Crippen LogP contribution in [0.15, 0.2) is 65.8 Å². The van der Waals surface area contributed by atoms with Crippen LogP contribution in [0.25, 0.3) is 6.08 Å². The SMILES string of the molecule is COc1ccccc1/C=C/C=N/NC(=S)NCc1ccccc1. The molecule has 0 heterocycles. The van der Waals surface area contributed by atoms with Gasteiger partial charge < -0.3 is 10.1 Å². The van der Waals surface area contributed by atoms with E-state index in [4.69, 9.17) is 17.0 Å². The van der Waals surface area contributed by atoms with E-state index in [9.17, 15) is 0 Å². The molecule has 2 aromatic carbocycles. The van der Waals surface area contributed by atoms with E-state index in [2.05, 4.69) is 15.8 Å². The minimum absolute atomic E-state index is 0.482. The van der Waals surface area contributed by atoms with E-state index in [1.165, 1.54) is 0 Å². The molecule has 0 amide bonds. The summed E-state index contributed by atoms with van der Waals surface area (Å²) in [5, 5.41) is 7.62. The van der Waals surface area contributed by atoms with Crippen molar-refractivity contribution in [2.45, 2.75) is 6.54 Å². The maximum atomic E-state index is 5.27. The van der Waals surface area contributed by atoms with Crippen molar-refractivity contribution >= 4 is 29.6 Å². The van der Waals surface area contributed by atoms with Gasteiger partial charge in [-0.1, -0.05) is 48.5 Å². The average molecular weight is 325 g/mol. The monoisotopic (exact) mass is 325 g/mol. The number of benzene rings is 2. The highest BCUT2D eigenvalue weighted by Crippen LogP contribution is 2.18. The number of nitrogens with zero attached hydrogens (tertiary/aromatic N) is 1. The highest BCUT2D eigenvalue weighted by Gasteiger charge is 1.95. The van der Waals surface area contributed by atoms with Crippen molar-refractivity contribution in [2.24, 2.45) is 5.10 Å². The Hall–Kier alpha value is -2.66. The molecule has 23 heavy (non-hydrogen) atoms. The van der Waals surface area contributed by atoms with Gasteiger partial charge in [0.05, 0.1) is 7.11 Å². The Balaban J connectivity index is 1.75. The Morgan fingerprint density at radius 2 is 1.87 bits per heavy atom. The van der Waals surface area contributed by atoms with Crippen molar-refractivity contribution in [1.82, 2.24) is 10.7 Å². The predicted octanol–water partition coefficient (Wildman–Crippen LogP) is 3.36. The zero-order valence-corrected chi connectivity index (χ0v) is 13.7. The minimum atomic E-state index is 0.482. The summed E-state index contributed by atoms with van der Waals surface area (Å²) < 4.78 is 5.27. The molecule has 0 fully saturated rings. The summed E-state index contributed by atoms with van der Waals surface area (Å²) in [5.41, 5.74) is 4.93. The molecule has 2 N–H and O–H groups in total. The zero-order valence-electron chi connectivity index (χ0n) is 12.9. The second-order valence-corrected chi connectivity index (χ2v) is 5.07.